The molecule has 47 heavy (non-hydrogen) atoms. The van der Waals surface area contributed by atoms with Crippen LogP contribution in [0.5, 0.6) is 17.2 Å². The number of benzene rings is 5. The van der Waals surface area contributed by atoms with Crippen LogP contribution >= 0.6 is 15.9 Å². The number of aryl methyl sites for hydroxylation is 1. The Morgan fingerprint density at radius 1 is 0.809 bits per heavy atom. The standard InChI is InChI=1S/C38H31BrN2O6/c1-3-45-34-21-26(20-33(39)35(34)47-23-32-24(2)13-14-27-11-7-8-12-30(27)32)19-31-36(42)40-38(44)41(37(31)43)28-15-17-29(18-16-28)46-22-25-9-5-4-6-10-25/h4-21H,3,22-23H2,1-2H3,(H,40,42,44)/b31-19+. The molecular weight excluding hydrogens is 660 g/mol. The molecule has 5 aromatic rings. The number of fused-ring (bicyclic) bond motifs is 1. The summed E-state index contributed by atoms with van der Waals surface area (Å²) < 4.78 is 18.7. The Labute approximate surface area is 280 Å². The SMILES string of the molecule is CCOc1cc(/C=C2\C(=O)NC(=O)N(c3ccc(OCc4ccccc4)cc3)C2=O)cc(Br)c1OCc1c(C)ccc2ccccc12. The first kappa shape index (κ1) is 31.6. The average Bonchev–Trinajstić information content (AvgIpc) is 3.07. The van der Waals surface area contributed by atoms with Crippen molar-refractivity contribution in [3.05, 3.63) is 135 Å². The van der Waals surface area contributed by atoms with E-state index in [4.69, 9.17) is 14.2 Å². The van der Waals surface area contributed by atoms with Gasteiger partial charge in [-0.1, -0.05) is 66.7 Å². The van der Waals surface area contributed by atoms with Gasteiger partial charge >= 0.3 is 6.03 Å². The first-order valence-electron chi connectivity index (χ1n) is 15.1. The van der Waals surface area contributed by atoms with Crippen LogP contribution in [0.15, 0.2) is 113 Å². The molecule has 5 aromatic carbocycles. The molecule has 1 heterocycles. The Bertz CT molecular complexity index is 2010. The van der Waals surface area contributed by atoms with Crippen molar-refractivity contribution < 1.29 is 28.6 Å². The number of barbiturate groups is 1. The molecule has 0 bridgehead atoms. The van der Waals surface area contributed by atoms with Crippen LogP contribution in [0.25, 0.3) is 16.8 Å². The Balaban J connectivity index is 1.24. The Morgan fingerprint density at radius 2 is 1.55 bits per heavy atom. The van der Waals surface area contributed by atoms with E-state index >= 15 is 0 Å². The molecule has 0 aromatic heterocycles. The van der Waals surface area contributed by atoms with Crippen LogP contribution in [-0.4, -0.2) is 24.5 Å². The molecular formula is C38H31BrN2O6. The van der Waals surface area contributed by atoms with E-state index in [-0.39, 0.29) is 5.57 Å². The number of carbonyl (C=O) groups excluding carboxylic acids is 3. The summed E-state index contributed by atoms with van der Waals surface area (Å²) in [4.78, 5) is 40.2. The Hall–Kier alpha value is -5.41. The molecule has 1 saturated heterocycles. The number of carbonyl (C=O) groups is 3. The third-order valence-electron chi connectivity index (χ3n) is 7.72. The lowest BCUT2D eigenvalue weighted by atomic mass is 10.0. The van der Waals surface area contributed by atoms with Crippen LogP contribution in [-0.2, 0) is 22.8 Å². The zero-order chi connectivity index (χ0) is 32.9. The van der Waals surface area contributed by atoms with Gasteiger partial charge in [0.2, 0.25) is 0 Å². The fourth-order valence-corrected chi connectivity index (χ4v) is 5.92. The molecule has 8 nitrogen and oxygen atoms in total. The number of ether oxygens (including phenoxy) is 3. The molecule has 0 saturated carbocycles. The van der Waals surface area contributed by atoms with Crippen LogP contribution < -0.4 is 24.4 Å². The van der Waals surface area contributed by atoms with Gasteiger partial charge in [0.15, 0.2) is 11.5 Å². The number of rotatable bonds is 10. The van der Waals surface area contributed by atoms with Crippen LogP contribution in [0.4, 0.5) is 10.5 Å². The zero-order valence-corrected chi connectivity index (χ0v) is 27.4. The summed E-state index contributed by atoms with van der Waals surface area (Å²) in [5.74, 6) is -0.0422. The summed E-state index contributed by atoms with van der Waals surface area (Å²) >= 11 is 3.60. The fourth-order valence-electron chi connectivity index (χ4n) is 5.35. The van der Waals surface area contributed by atoms with E-state index in [1.807, 2.05) is 56.3 Å². The molecule has 9 heteroatoms. The molecule has 0 atom stereocenters. The summed E-state index contributed by atoms with van der Waals surface area (Å²) in [7, 11) is 0. The second-order valence-corrected chi connectivity index (χ2v) is 11.7. The molecule has 0 unspecified atom stereocenters. The van der Waals surface area contributed by atoms with Crippen molar-refractivity contribution >= 4 is 56.3 Å². The number of amides is 4. The van der Waals surface area contributed by atoms with E-state index < -0.39 is 17.8 Å². The van der Waals surface area contributed by atoms with Crippen molar-refractivity contribution in [1.82, 2.24) is 5.32 Å². The minimum absolute atomic E-state index is 0.205. The number of hydrogen-bond donors (Lipinski definition) is 1. The summed E-state index contributed by atoms with van der Waals surface area (Å²) in [5, 5.41) is 4.51. The Morgan fingerprint density at radius 3 is 2.32 bits per heavy atom. The van der Waals surface area contributed by atoms with E-state index in [1.165, 1.54) is 6.08 Å². The summed E-state index contributed by atoms with van der Waals surface area (Å²) in [6, 6.07) is 31.2. The van der Waals surface area contributed by atoms with Crippen LogP contribution in [0, 0.1) is 6.92 Å². The second kappa shape index (κ2) is 13.9. The number of halogens is 1. The van der Waals surface area contributed by atoms with Crippen molar-refractivity contribution in [2.24, 2.45) is 0 Å². The van der Waals surface area contributed by atoms with Gasteiger partial charge < -0.3 is 14.2 Å². The number of imide groups is 2. The predicted molar refractivity (Wildman–Crippen MR) is 185 cm³/mol. The zero-order valence-electron chi connectivity index (χ0n) is 25.8. The van der Waals surface area contributed by atoms with Gasteiger partial charge in [0.05, 0.1) is 16.8 Å². The lowest BCUT2D eigenvalue weighted by Gasteiger charge is -2.26. The Kier molecular flexibility index (Phi) is 9.35. The molecule has 236 valence electrons. The third-order valence-corrected chi connectivity index (χ3v) is 8.31. The number of urea groups is 1. The van der Waals surface area contributed by atoms with Crippen molar-refractivity contribution in [3.63, 3.8) is 0 Å². The highest BCUT2D eigenvalue weighted by Crippen LogP contribution is 2.39. The van der Waals surface area contributed by atoms with Crippen LogP contribution in [0.1, 0.15) is 29.2 Å². The van der Waals surface area contributed by atoms with Crippen LogP contribution in [0.3, 0.4) is 0 Å². The molecule has 1 N–H and O–H groups in total. The minimum Gasteiger partial charge on any atom is -0.490 e. The van der Waals surface area contributed by atoms with Crippen molar-refractivity contribution in [2.75, 3.05) is 11.5 Å². The van der Waals surface area contributed by atoms with E-state index in [9.17, 15) is 14.4 Å². The van der Waals surface area contributed by atoms with E-state index in [2.05, 4.69) is 45.5 Å². The molecule has 1 aliphatic heterocycles. The van der Waals surface area contributed by atoms with Gasteiger partial charge in [-0.3, -0.25) is 14.9 Å². The van der Waals surface area contributed by atoms with Gasteiger partial charge in [0, 0.05) is 5.56 Å². The van der Waals surface area contributed by atoms with Crippen molar-refractivity contribution in [2.45, 2.75) is 27.1 Å². The minimum atomic E-state index is -0.834. The lowest BCUT2D eigenvalue weighted by molar-refractivity contribution is -0.122. The summed E-state index contributed by atoms with van der Waals surface area (Å²) in [6.07, 6.45) is 1.43. The topological polar surface area (TPSA) is 94.2 Å². The van der Waals surface area contributed by atoms with E-state index in [0.717, 1.165) is 32.4 Å². The lowest BCUT2D eigenvalue weighted by Crippen LogP contribution is -2.54. The smallest absolute Gasteiger partial charge is 0.335 e. The van der Waals surface area contributed by atoms with Crippen molar-refractivity contribution in [3.8, 4) is 17.2 Å². The molecule has 1 fully saturated rings. The normalized spacial score (nSPS) is 14.0. The van der Waals surface area contributed by atoms with Gasteiger partial charge in [-0.25, -0.2) is 9.69 Å². The first-order valence-corrected chi connectivity index (χ1v) is 15.9. The van der Waals surface area contributed by atoms with Crippen molar-refractivity contribution in [1.29, 1.82) is 0 Å². The summed E-state index contributed by atoms with van der Waals surface area (Å²) in [6.45, 7) is 4.95. The molecule has 6 rings (SSSR count). The average molecular weight is 692 g/mol. The molecule has 0 radical (unpaired) electrons. The highest BCUT2D eigenvalue weighted by Gasteiger charge is 2.37. The van der Waals surface area contributed by atoms with Gasteiger partial charge in [-0.15, -0.1) is 0 Å². The highest BCUT2D eigenvalue weighted by atomic mass is 79.9. The highest BCUT2D eigenvalue weighted by molar-refractivity contribution is 9.10. The fraction of sp³-hybridized carbons (Fsp3) is 0.132. The summed E-state index contributed by atoms with van der Waals surface area (Å²) in [5.41, 5.74) is 3.77. The number of nitrogens with one attached hydrogen (secondary N) is 1. The maximum atomic E-state index is 13.6. The third kappa shape index (κ3) is 6.90. The van der Waals surface area contributed by atoms with Gasteiger partial charge in [-0.2, -0.15) is 0 Å². The van der Waals surface area contributed by atoms with Gasteiger partial charge in [0.1, 0.15) is 24.5 Å². The molecule has 0 aliphatic carbocycles. The van der Waals surface area contributed by atoms with Gasteiger partial charge in [-0.05, 0) is 99.7 Å². The molecule has 0 spiro atoms. The largest absolute Gasteiger partial charge is 0.490 e. The van der Waals surface area contributed by atoms with Crippen LogP contribution in [0.2, 0.25) is 0 Å². The first-order chi connectivity index (χ1) is 22.8. The number of nitrogens with zero attached hydrogens (tertiary/aromatic N) is 1. The van der Waals surface area contributed by atoms with E-state index in [0.29, 0.717) is 52.8 Å². The molecule has 4 amide bonds. The number of anilines is 1. The molecule has 1 aliphatic rings. The monoisotopic (exact) mass is 690 g/mol. The maximum Gasteiger partial charge on any atom is 0.335 e. The number of hydrogen-bond acceptors (Lipinski definition) is 6. The van der Waals surface area contributed by atoms with Gasteiger partial charge in [0.25, 0.3) is 11.8 Å². The van der Waals surface area contributed by atoms with E-state index in [1.54, 1.807) is 36.4 Å². The second-order valence-electron chi connectivity index (χ2n) is 10.9. The maximum absolute atomic E-state index is 13.6. The predicted octanol–water partition coefficient (Wildman–Crippen LogP) is 8.13. The quantitative estimate of drug-likeness (QED) is 0.117.